The smallest absolute Gasteiger partial charge is 0.170 e. The Kier molecular flexibility index (Phi) is 3.94. The molecule has 2 aromatic carbocycles. The fraction of sp³-hybridized carbons (Fsp3) is 0.348. The van der Waals surface area contributed by atoms with Crippen LogP contribution in [-0.2, 0) is 4.79 Å². The number of rotatable bonds is 3. The number of halogens is 1. The van der Waals surface area contributed by atoms with Gasteiger partial charge in [-0.2, -0.15) is 0 Å². The Morgan fingerprint density at radius 1 is 1.00 bits per heavy atom. The second-order valence-corrected chi connectivity index (χ2v) is 8.96. The second kappa shape index (κ2) is 6.23. The Balaban J connectivity index is 1.51. The largest absolute Gasteiger partial charge is 0.511 e. The van der Waals surface area contributed by atoms with E-state index in [-0.39, 0.29) is 17.6 Å². The highest BCUT2D eigenvalue weighted by Gasteiger charge is 2.57. The highest BCUT2D eigenvalue weighted by atomic mass is 79.9. The minimum atomic E-state index is -0.00537. The van der Waals surface area contributed by atoms with Crippen LogP contribution in [0.15, 0.2) is 52.7 Å². The Morgan fingerprint density at radius 2 is 1.67 bits per heavy atom. The third kappa shape index (κ3) is 2.65. The number of hydrogen-bond donors (Lipinski definition) is 1. The lowest BCUT2D eigenvalue weighted by molar-refractivity contribution is -0.118. The van der Waals surface area contributed by atoms with E-state index in [4.69, 9.17) is 4.74 Å². The summed E-state index contributed by atoms with van der Waals surface area (Å²) in [6.45, 7) is 1.98. The molecule has 1 N–H and O–H groups in total. The molecule has 27 heavy (non-hydrogen) atoms. The van der Waals surface area contributed by atoms with Gasteiger partial charge in [-0.05, 0) is 85.5 Å². The molecule has 2 saturated carbocycles. The topological polar surface area (TPSA) is 46.5 Å². The van der Waals surface area contributed by atoms with Crippen LogP contribution in [0.1, 0.15) is 30.4 Å². The maximum absolute atomic E-state index is 13.2. The molecule has 0 unspecified atom stereocenters. The number of fused-ring (bicyclic) bond motifs is 5. The van der Waals surface area contributed by atoms with E-state index < -0.39 is 0 Å². The zero-order valence-electron chi connectivity index (χ0n) is 15.1. The molecule has 3 aliphatic carbocycles. The summed E-state index contributed by atoms with van der Waals surface area (Å²) in [5, 5.41) is 11.0. The van der Waals surface area contributed by atoms with Gasteiger partial charge in [0.25, 0.3) is 0 Å². The van der Waals surface area contributed by atoms with Crippen LogP contribution in [0.2, 0.25) is 0 Å². The van der Waals surface area contributed by atoms with Crippen molar-refractivity contribution in [2.45, 2.75) is 26.2 Å². The highest BCUT2D eigenvalue weighted by molar-refractivity contribution is 9.10. The summed E-state index contributed by atoms with van der Waals surface area (Å²) in [4.78, 5) is 13.2. The molecule has 5 rings (SSSR count). The van der Waals surface area contributed by atoms with Gasteiger partial charge < -0.3 is 9.84 Å². The van der Waals surface area contributed by atoms with Crippen molar-refractivity contribution >= 4 is 27.3 Å². The number of aliphatic hydroxyl groups excluding tert-OH is 1. The number of allylic oxidation sites excluding steroid dienone is 2. The standard InChI is InChI=1S/C23H21BrO3/c1-12-2-7-17(27-16-8-5-15(24)6-9-16)11-18(12)21-22(25)19-13-3-4-14(10-13)20(19)23(21)26/h2,5-9,11,13-14,19-20,25H,3-4,10H2,1H3/t13-,14+,19-,20+/m1/s1. The lowest BCUT2D eigenvalue weighted by atomic mass is 9.80. The van der Waals surface area contributed by atoms with Gasteiger partial charge in [-0.15, -0.1) is 0 Å². The average Bonchev–Trinajstić information content (AvgIpc) is 3.33. The third-order valence-corrected chi connectivity index (χ3v) is 7.09. The van der Waals surface area contributed by atoms with Crippen LogP contribution in [0.4, 0.5) is 0 Å². The molecule has 0 amide bonds. The molecule has 0 spiro atoms. The molecular weight excluding hydrogens is 404 g/mol. The number of aliphatic hydroxyl groups is 1. The molecule has 2 fully saturated rings. The number of aryl methyl sites for hydroxylation is 1. The fourth-order valence-corrected chi connectivity index (χ4v) is 5.63. The molecule has 3 aliphatic rings. The van der Waals surface area contributed by atoms with Crippen LogP contribution >= 0.6 is 15.9 Å². The minimum Gasteiger partial charge on any atom is -0.511 e. The molecule has 0 saturated heterocycles. The molecule has 0 heterocycles. The first-order chi connectivity index (χ1) is 13.0. The van der Waals surface area contributed by atoms with E-state index in [1.807, 2.05) is 49.4 Å². The van der Waals surface area contributed by atoms with Crippen molar-refractivity contribution in [3.05, 3.63) is 63.8 Å². The molecule has 4 heteroatoms. The van der Waals surface area contributed by atoms with Crippen molar-refractivity contribution in [3.8, 4) is 11.5 Å². The Morgan fingerprint density at radius 3 is 2.37 bits per heavy atom. The molecular formula is C23H21BrO3. The van der Waals surface area contributed by atoms with Crippen molar-refractivity contribution in [2.75, 3.05) is 0 Å². The molecule has 2 aromatic rings. The molecule has 3 nitrogen and oxygen atoms in total. The van der Waals surface area contributed by atoms with Gasteiger partial charge in [0, 0.05) is 16.3 Å². The Hall–Kier alpha value is -2.07. The van der Waals surface area contributed by atoms with Crippen molar-refractivity contribution in [1.29, 1.82) is 0 Å². The number of ketones is 1. The maximum atomic E-state index is 13.2. The highest BCUT2D eigenvalue weighted by Crippen LogP contribution is 2.60. The van der Waals surface area contributed by atoms with Crippen molar-refractivity contribution < 1.29 is 14.6 Å². The van der Waals surface area contributed by atoms with E-state index in [2.05, 4.69) is 15.9 Å². The lowest BCUT2D eigenvalue weighted by Gasteiger charge is -2.23. The molecule has 0 radical (unpaired) electrons. The summed E-state index contributed by atoms with van der Waals surface area (Å²) >= 11 is 3.42. The first-order valence-electron chi connectivity index (χ1n) is 9.54. The van der Waals surface area contributed by atoms with Gasteiger partial charge in [0.05, 0.1) is 5.57 Å². The number of benzene rings is 2. The van der Waals surface area contributed by atoms with Crippen LogP contribution in [0.3, 0.4) is 0 Å². The van der Waals surface area contributed by atoms with Crippen LogP contribution in [0, 0.1) is 30.6 Å². The van der Waals surface area contributed by atoms with Crippen molar-refractivity contribution in [3.63, 3.8) is 0 Å². The van der Waals surface area contributed by atoms with E-state index in [0.29, 0.717) is 28.9 Å². The Bertz CT molecular complexity index is 960. The van der Waals surface area contributed by atoms with Crippen LogP contribution < -0.4 is 4.74 Å². The quantitative estimate of drug-likeness (QED) is 0.650. The van der Waals surface area contributed by atoms with Gasteiger partial charge in [0.2, 0.25) is 0 Å². The van der Waals surface area contributed by atoms with Gasteiger partial charge >= 0.3 is 0 Å². The molecule has 138 valence electrons. The van der Waals surface area contributed by atoms with Gasteiger partial charge in [0.15, 0.2) is 5.78 Å². The van der Waals surface area contributed by atoms with Crippen molar-refractivity contribution in [2.24, 2.45) is 23.7 Å². The second-order valence-electron chi connectivity index (χ2n) is 8.04. The summed E-state index contributed by atoms with van der Waals surface area (Å²) < 4.78 is 6.96. The van der Waals surface area contributed by atoms with Crippen molar-refractivity contribution in [1.82, 2.24) is 0 Å². The predicted octanol–water partition coefficient (Wildman–Crippen LogP) is 6.06. The number of hydrogen-bond acceptors (Lipinski definition) is 3. The van der Waals surface area contributed by atoms with Gasteiger partial charge in [-0.25, -0.2) is 0 Å². The number of carbonyl (C=O) groups is 1. The van der Waals surface area contributed by atoms with Crippen LogP contribution in [0.5, 0.6) is 11.5 Å². The first kappa shape index (κ1) is 17.1. The summed E-state index contributed by atoms with van der Waals surface area (Å²) in [5.74, 6) is 2.83. The monoisotopic (exact) mass is 424 g/mol. The number of ether oxygens (including phenoxy) is 1. The molecule has 0 aromatic heterocycles. The summed E-state index contributed by atoms with van der Waals surface area (Å²) in [5.41, 5.74) is 2.32. The Labute approximate surface area is 167 Å². The van der Waals surface area contributed by atoms with Gasteiger partial charge in [-0.3, -0.25) is 4.79 Å². The van der Waals surface area contributed by atoms with Crippen LogP contribution in [-0.4, -0.2) is 10.9 Å². The summed E-state index contributed by atoms with van der Waals surface area (Å²) in [7, 11) is 0. The number of Topliss-reactive ketones (excluding diaryl/α,β-unsaturated/α-hetero) is 1. The van der Waals surface area contributed by atoms with E-state index in [1.165, 1.54) is 0 Å². The SMILES string of the molecule is Cc1ccc(Oc2ccc(Br)cc2)cc1C1=C(O)[C@@H]2[C@@H]3CC[C@@H](C3)[C@@H]2C1=O. The summed E-state index contributed by atoms with van der Waals surface area (Å²) in [6, 6.07) is 13.4. The zero-order chi connectivity index (χ0) is 18.7. The van der Waals surface area contributed by atoms with E-state index in [1.54, 1.807) is 0 Å². The molecule has 2 bridgehead atoms. The zero-order valence-corrected chi connectivity index (χ0v) is 16.7. The third-order valence-electron chi connectivity index (χ3n) is 6.57. The normalized spacial score (nSPS) is 28.7. The maximum Gasteiger partial charge on any atom is 0.170 e. The molecule has 4 atom stereocenters. The van der Waals surface area contributed by atoms with Gasteiger partial charge in [0.1, 0.15) is 17.3 Å². The lowest BCUT2D eigenvalue weighted by Crippen LogP contribution is -2.24. The summed E-state index contributed by atoms with van der Waals surface area (Å²) in [6.07, 6.45) is 3.37. The van der Waals surface area contributed by atoms with E-state index in [9.17, 15) is 9.90 Å². The fourth-order valence-electron chi connectivity index (χ4n) is 5.36. The molecule has 0 aliphatic heterocycles. The minimum absolute atomic E-state index is 0.00537. The average molecular weight is 425 g/mol. The first-order valence-corrected chi connectivity index (χ1v) is 10.3. The van der Waals surface area contributed by atoms with E-state index in [0.717, 1.165) is 40.6 Å². The number of carbonyl (C=O) groups excluding carboxylic acids is 1. The predicted molar refractivity (Wildman–Crippen MR) is 108 cm³/mol. The van der Waals surface area contributed by atoms with Crippen LogP contribution in [0.25, 0.3) is 5.57 Å². The van der Waals surface area contributed by atoms with E-state index >= 15 is 0 Å². The van der Waals surface area contributed by atoms with Gasteiger partial charge in [-0.1, -0.05) is 22.0 Å².